The molecule has 0 aliphatic rings. The zero-order valence-corrected chi connectivity index (χ0v) is 9.26. The van der Waals surface area contributed by atoms with Crippen molar-refractivity contribution in [3.05, 3.63) is 35.0 Å². The van der Waals surface area contributed by atoms with Crippen LogP contribution in [0.4, 0.5) is 5.95 Å². The number of nitrogens with one attached hydrogen (secondary N) is 1. The number of benzene rings is 1. The van der Waals surface area contributed by atoms with Gasteiger partial charge in [0.15, 0.2) is 5.95 Å². The molecule has 0 fully saturated rings. The van der Waals surface area contributed by atoms with Crippen LogP contribution in [0.5, 0.6) is 0 Å². The first-order valence-electron chi connectivity index (χ1n) is 4.97. The Kier molecular flexibility index (Phi) is 2.23. The van der Waals surface area contributed by atoms with Crippen LogP contribution < -0.4 is 5.73 Å². The molecule has 2 rings (SSSR count). The molecule has 0 atom stereocenters. The van der Waals surface area contributed by atoms with E-state index >= 15 is 0 Å². The largest absolute Gasteiger partial charge is 0.369 e. The summed E-state index contributed by atoms with van der Waals surface area (Å²) >= 11 is 0. The number of nitrogens with two attached hydrogens (primary N) is 1. The number of anilines is 1. The summed E-state index contributed by atoms with van der Waals surface area (Å²) < 4.78 is 0. The van der Waals surface area contributed by atoms with Gasteiger partial charge in [0.2, 0.25) is 0 Å². The normalized spacial score (nSPS) is 10.6. The second-order valence-electron chi connectivity index (χ2n) is 3.86. The van der Waals surface area contributed by atoms with E-state index in [0.717, 1.165) is 5.69 Å². The average Bonchev–Trinajstić information content (AvgIpc) is 2.61. The van der Waals surface area contributed by atoms with Crippen molar-refractivity contribution in [3.63, 3.8) is 0 Å². The summed E-state index contributed by atoms with van der Waals surface area (Å²) in [6.07, 6.45) is 1.77. The summed E-state index contributed by atoms with van der Waals surface area (Å²) in [6.45, 7) is 6.37. The Morgan fingerprint density at radius 2 is 1.87 bits per heavy atom. The van der Waals surface area contributed by atoms with E-state index in [4.69, 9.17) is 5.73 Å². The number of nitrogens with zero attached hydrogens (tertiary/aromatic N) is 1. The molecule has 15 heavy (non-hydrogen) atoms. The quantitative estimate of drug-likeness (QED) is 0.745. The number of hydrogen-bond acceptors (Lipinski definition) is 2. The highest BCUT2D eigenvalue weighted by Gasteiger charge is 2.07. The first-order chi connectivity index (χ1) is 7.09. The number of hydrogen-bond donors (Lipinski definition) is 2. The fraction of sp³-hybridized carbons (Fsp3) is 0.250. The van der Waals surface area contributed by atoms with E-state index in [-0.39, 0.29) is 0 Å². The van der Waals surface area contributed by atoms with Crippen molar-refractivity contribution in [2.24, 2.45) is 0 Å². The fourth-order valence-electron chi connectivity index (χ4n) is 1.72. The van der Waals surface area contributed by atoms with Gasteiger partial charge in [0.1, 0.15) is 0 Å². The number of nitrogen functional groups attached to an aromatic ring is 1. The number of aromatic nitrogens is 2. The third kappa shape index (κ3) is 1.61. The van der Waals surface area contributed by atoms with Crippen molar-refractivity contribution in [1.82, 2.24) is 9.97 Å². The van der Waals surface area contributed by atoms with Gasteiger partial charge in [-0.25, -0.2) is 4.98 Å². The average molecular weight is 201 g/mol. The molecule has 78 valence electrons. The Hall–Kier alpha value is -1.77. The van der Waals surface area contributed by atoms with Crippen LogP contribution in [0.3, 0.4) is 0 Å². The number of H-pyrrole nitrogens is 1. The third-order valence-electron chi connectivity index (χ3n) is 2.94. The highest BCUT2D eigenvalue weighted by molar-refractivity contribution is 5.66. The van der Waals surface area contributed by atoms with Crippen LogP contribution in [0.25, 0.3) is 11.3 Å². The molecule has 0 unspecified atom stereocenters. The van der Waals surface area contributed by atoms with Gasteiger partial charge in [0.25, 0.3) is 0 Å². The van der Waals surface area contributed by atoms with Gasteiger partial charge >= 0.3 is 0 Å². The molecule has 2 aromatic rings. The van der Waals surface area contributed by atoms with Crippen molar-refractivity contribution < 1.29 is 0 Å². The van der Waals surface area contributed by atoms with Gasteiger partial charge < -0.3 is 10.7 Å². The third-order valence-corrected chi connectivity index (χ3v) is 2.94. The molecule has 0 aliphatic heterocycles. The second-order valence-corrected chi connectivity index (χ2v) is 3.86. The van der Waals surface area contributed by atoms with E-state index < -0.39 is 0 Å². The summed E-state index contributed by atoms with van der Waals surface area (Å²) in [7, 11) is 0. The molecule has 0 spiro atoms. The maximum Gasteiger partial charge on any atom is 0.197 e. The van der Waals surface area contributed by atoms with Crippen LogP contribution in [-0.4, -0.2) is 9.97 Å². The fourth-order valence-corrected chi connectivity index (χ4v) is 1.72. The van der Waals surface area contributed by atoms with Crippen molar-refractivity contribution in [1.29, 1.82) is 0 Å². The topological polar surface area (TPSA) is 54.7 Å². The maximum atomic E-state index is 5.57. The lowest BCUT2D eigenvalue weighted by Gasteiger charge is -2.09. The Balaban J connectivity index is 2.59. The van der Waals surface area contributed by atoms with E-state index in [1.165, 1.54) is 22.3 Å². The summed E-state index contributed by atoms with van der Waals surface area (Å²) in [6, 6.07) is 4.22. The van der Waals surface area contributed by atoms with Crippen LogP contribution in [-0.2, 0) is 0 Å². The minimum Gasteiger partial charge on any atom is -0.369 e. The van der Waals surface area contributed by atoms with Gasteiger partial charge in [-0.3, -0.25) is 0 Å². The molecule has 1 aromatic heterocycles. The molecule has 0 saturated carbocycles. The maximum absolute atomic E-state index is 5.57. The SMILES string of the molecule is Cc1ccc(-c2cnc(N)[nH]2)c(C)c1C. The van der Waals surface area contributed by atoms with Crippen LogP contribution in [0.1, 0.15) is 16.7 Å². The number of rotatable bonds is 1. The highest BCUT2D eigenvalue weighted by atomic mass is 15.0. The van der Waals surface area contributed by atoms with E-state index in [9.17, 15) is 0 Å². The Morgan fingerprint density at radius 1 is 1.13 bits per heavy atom. The summed E-state index contributed by atoms with van der Waals surface area (Å²) in [4.78, 5) is 7.05. The molecule has 3 N–H and O–H groups in total. The zero-order valence-electron chi connectivity index (χ0n) is 9.26. The minimum atomic E-state index is 0.461. The van der Waals surface area contributed by atoms with E-state index in [0.29, 0.717) is 5.95 Å². The molecule has 3 nitrogen and oxygen atoms in total. The number of imidazole rings is 1. The molecule has 0 amide bonds. The predicted octanol–water partition coefficient (Wildman–Crippen LogP) is 2.58. The Morgan fingerprint density at radius 3 is 2.47 bits per heavy atom. The van der Waals surface area contributed by atoms with Gasteiger partial charge in [-0.15, -0.1) is 0 Å². The van der Waals surface area contributed by atoms with Gasteiger partial charge in [-0.05, 0) is 37.5 Å². The molecular weight excluding hydrogens is 186 g/mol. The lowest BCUT2D eigenvalue weighted by molar-refractivity contribution is 1.25. The Labute approximate surface area is 89.4 Å². The molecule has 0 radical (unpaired) electrons. The molecule has 1 aromatic carbocycles. The lowest BCUT2D eigenvalue weighted by atomic mass is 9.97. The van der Waals surface area contributed by atoms with Gasteiger partial charge in [0, 0.05) is 5.56 Å². The number of aromatic amines is 1. The summed E-state index contributed by atoms with van der Waals surface area (Å²) in [5.41, 5.74) is 11.6. The van der Waals surface area contributed by atoms with Crippen molar-refractivity contribution in [2.45, 2.75) is 20.8 Å². The molecule has 0 bridgehead atoms. The van der Waals surface area contributed by atoms with Crippen LogP contribution in [0.2, 0.25) is 0 Å². The highest BCUT2D eigenvalue weighted by Crippen LogP contribution is 2.26. The molecule has 3 heteroatoms. The number of aryl methyl sites for hydroxylation is 1. The van der Waals surface area contributed by atoms with Gasteiger partial charge in [-0.2, -0.15) is 0 Å². The smallest absolute Gasteiger partial charge is 0.197 e. The van der Waals surface area contributed by atoms with Crippen LogP contribution >= 0.6 is 0 Å². The van der Waals surface area contributed by atoms with Crippen molar-refractivity contribution in [2.75, 3.05) is 5.73 Å². The minimum absolute atomic E-state index is 0.461. The molecule has 1 heterocycles. The first kappa shape index (κ1) is 9.77. The van der Waals surface area contributed by atoms with Crippen molar-refractivity contribution in [3.8, 4) is 11.3 Å². The van der Waals surface area contributed by atoms with Gasteiger partial charge in [-0.1, -0.05) is 12.1 Å². The predicted molar refractivity (Wildman–Crippen MR) is 62.6 cm³/mol. The van der Waals surface area contributed by atoms with Crippen molar-refractivity contribution >= 4 is 5.95 Å². The molecular formula is C12H15N3. The van der Waals surface area contributed by atoms with Crippen LogP contribution in [0.15, 0.2) is 18.3 Å². The van der Waals surface area contributed by atoms with Gasteiger partial charge in [0.05, 0.1) is 11.9 Å². The lowest BCUT2D eigenvalue weighted by Crippen LogP contribution is -1.91. The first-order valence-corrected chi connectivity index (χ1v) is 4.97. The second kappa shape index (κ2) is 3.42. The summed E-state index contributed by atoms with van der Waals surface area (Å²) in [5, 5.41) is 0. The molecule has 0 aliphatic carbocycles. The summed E-state index contributed by atoms with van der Waals surface area (Å²) in [5.74, 6) is 0.461. The molecule has 0 saturated heterocycles. The standard InChI is InChI=1S/C12H15N3/c1-7-4-5-10(9(3)8(7)2)11-6-14-12(13)15-11/h4-6H,1-3H3,(H3,13,14,15). The van der Waals surface area contributed by atoms with E-state index in [2.05, 4.69) is 42.9 Å². The Bertz CT molecular complexity index is 498. The zero-order chi connectivity index (χ0) is 11.0. The van der Waals surface area contributed by atoms with E-state index in [1.807, 2.05) is 0 Å². The monoisotopic (exact) mass is 201 g/mol. The van der Waals surface area contributed by atoms with Crippen LogP contribution in [0, 0.1) is 20.8 Å². The van der Waals surface area contributed by atoms with E-state index in [1.54, 1.807) is 6.20 Å².